The number of aryl methyl sites for hydroxylation is 1. The van der Waals surface area contributed by atoms with Crippen molar-refractivity contribution in [3.63, 3.8) is 0 Å². The van der Waals surface area contributed by atoms with Crippen molar-refractivity contribution in [1.29, 1.82) is 0 Å². The first kappa shape index (κ1) is 21.6. The summed E-state index contributed by atoms with van der Waals surface area (Å²) in [6.07, 6.45) is 0.903. The molecule has 162 valence electrons. The summed E-state index contributed by atoms with van der Waals surface area (Å²) in [5.41, 5.74) is 8.16. The number of nitrogens with one attached hydrogen (secondary N) is 2. The molecule has 4 N–H and O–H groups in total. The standard InChI is InChI=1S/C21H24N6O4/c1-4-13-5-7-14(8-6-13)23-21(29)19-20(22)27(26-25-19)12-18(28)24-16-10-9-15(30-2)11-17(16)31-3/h5-11H,4,12,22H2,1-3H3,(H,23,29)(H,24,28). The van der Waals surface area contributed by atoms with E-state index in [2.05, 4.69) is 20.9 Å². The molecular formula is C21H24N6O4. The molecular weight excluding hydrogens is 400 g/mol. The van der Waals surface area contributed by atoms with E-state index >= 15 is 0 Å². The van der Waals surface area contributed by atoms with Crippen LogP contribution in [-0.4, -0.2) is 41.0 Å². The maximum Gasteiger partial charge on any atom is 0.280 e. The van der Waals surface area contributed by atoms with Gasteiger partial charge >= 0.3 is 0 Å². The SMILES string of the molecule is CCc1ccc(NC(=O)c2nnn(CC(=O)Nc3ccc(OC)cc3OC)c2N)cc1. The maximum atomic E-state index is 12.5. The van der Waals surface area contributed by atoms with E-state index in [0.29, 0.717) is 22.9 Å². The van der Waals surface area contributed by atoms with Gasteiger partial charge in [-0.05, 0) is 36.2 Å². The van der Waals surface area contributed by atoms with Crippen molar-refractivity contribution in [2.24, 2.45) is 0 Å². The van der Waals surface area contributed by atoms with Crippen LogP contribution in [0.5, 0.6) is 11.5 Å². The molecule has 2 aromatic carbocycles. The molecule has 0 aliphatic heterocycles. The number of methoxy groups -OCH3 is 2. The summed E-state index contributed by atoms with van der Waals surface area (Å²) in [4.78, 5) is 24.9. The predicted octanol–water partition coefficient (Wildman–Crippen LogP) is 2.33. The van der Waals surface area contributed by atoms with Gasteiger partial charge in [0.15, 0.2) is 11.5 Å². The van der Waals surface area contributed by atoms with Gasteiger partial charge in [-0.3, -0.25) is 9.59 Å². The average molecular weight is 424 g/mol. The molecule has 0 aliphatic carbocycles. The van der Waals surface area contributed by atoms with E-state index < -0.39 is 11.8 Å². The first-order chi connectivity index (χ1) is 14.9. The van der Waals surface area contributed by atoms with E-state index in [1.807, 2.05) is 19.1 Å². The normalized spacial score (nSPS) is 10.4. The smallest absolute Gasteiger partial charge is 0.280 e. The van der Waals surface area contributed by atoms with E-state index in [-0.39, 0.29) is 18.1 Å². The van der Waals surface area contributed by atoms with Gasteiger partial charge in [0.05, 0.1) is 19.9 Å². The van der Waals surface area contributed by atoms with Crippen LogP contribution in [0, 0.1) is 0 Å². The molecule has 0 saturated carbocycles. The van der Waals surface area contributed by atoms with Gasteiger partial charge in [0.25, 0.3) is 5.91 Å². The van der Waals surface area contributed by atoms with Crippen molar-refractivity contribution < 1.29 is 19.1 Å². The summed E-state index contributed by atoms with van der Waals surface area (Å²) >= 11 is 0. The Morgan fingerprint density at radius 1 is 1.06 bits per heavy atom. The number of nitrogen functional groups attached to an aromatic ring is 1. The minimum atomic E-state index is -0.509. The molecule has 10 heteroatoms. The molecule has 0 radical (unpaired) electrons. The van der Waals surface area contributed by atoms with Crippen molar-refractivity contribution in [1.82, 2.24) is 15.0 Å². The zero-order valence-corrected chi connectivity index (χ0v) is 17.5. The first-order valence-electron chi connectivity index (χ1n) is 9.56. The molecule has 0 unspecified atom stereocenters. The summed E-state index contributed by atoms with van der Waals surface area (Å²) in [5, 5.41) is 13.1. The second-order valence-corrected chi connectivity index (χ2v) is 6.60. The lowest BCUT2D eigenvalue weighted by Crippen LogP contribution is -2.21. The third-order valence-electron chi connectivity index (χ3n) is 4.58. The molecule has 0 atom stereocenters. The molecule has 10 nitrogen and oxygen atoms in total. The Morgan fingerprint density at radius 2 is 1.81 bits per heavy atom. The lowest BCUT2D eigenvalue weighted by Gasteiger charge is -2.11. The van der Waals surface area contributed by atoms with E-state index in [0.717, 1.165) is 16.7 Å². The van der Waals surface area contributed by atoms with Crippen LogP contribution < -0.4 is 25.8 Å². The lowest BCUT2D eigenvalue weighted by molar-refractivity contribution is -0.116. The Labute approximate surface area is 179 Å². The van der Waals surface area contributed by atoms with Crippen molar-refractivity contribution in [3.05, 3.63) is 53.7 Å². The van der Waals surface area contributed by atoms with Crippen LogP contribution >= 0.6 is 0 Å². The lowest BCUT2D eigenvalue weighted by atomic mass is 10.1. The monoisotopic (exact) mass is 424 g/mol. The van der Waals surface area contributed by atoms with Gasteiger partial charge in [0.1, 0.15) is 18.0 Å². The van der Waals surface area contributed by atoms with Crippen LogP contribution in [0.3, 0.4) is 0 Å². The van der Waals surface area contributed by atoms with E-state index in [9.17, 15) is 9.59 Å². The Morgan fingerprint density at radius 3 is 2.45 bits per heavy atom. The summed E-state index contributed by atoms with van der Waals surface area (Å²) in [6, 6.07) is 12.4. The van der Waals surface area contributed by atoms with Gasteiger partial charge in [-0.2, -0.15) is 0 Å². The number of carbonyl (C=O) groups is 2. The number of amides is 2. The fourth-order valence-corrected chi connectivity index (χ4v) is 2.84. The summed E-state index contributed by atoms with van der Waals surface area (Å²) < 4.78 is 11.6. The summed E-state index contributed by atoms with van der Waals surface area (Å²) in [7, 11) is 3.02. The molecule has 1 aromatic heterocycles. The summed E-state index contributed by atoms with van der Waals surface area (Å²) in [5.74, 6) is 0.0933. The van der Waals surface area contributed by atoms with Crippen LogP contribution in [0.15, 0.2) is 42.5 Å². The van der Waals surface area contributed by atoms with Gasteiger partial charge in [-0.15, -0.1) is 5.10 Å². The topological polar surface area (TPSA) is 133 Å². The highest BCUT2D eigenvalue weighted by molar-refractivity contribution is 6.05. The number of nitrogens with two attached hydrogens (primary N) is 1. The Hall–Kier alpha value is -4.08. The minimum Gasteiger partial charge on any atom is -0.497 e. The number of anilines is 3. The quantitative estimate of drug-likeness (QED) is 0.505. The fraction of sp³-hybridized carbons (Fsp3) is 0.238. The second-order valence-electron chi connectivity index (χ2n) is 6.60. The molecule has 0 aliphatic rings. The van der Waals surface area contributed by atoms with Crippen molar-refractivity contribution in [2.75, 3.05) is 30.6 Å². The Kier molecular flexibility index (Phi) is 6.71. The van der Waals surface area contributed by atoms with E-state index in [1.165, 1.54) is 14.2 Å². The third kappa shape index (κ3) is 5.10. The molecule has 0 fully saturated rings. The number of ether oxygens (including phenoxy) is 2. The first-order valence-corrected chi connectivity index (χ1v) is 9.56. The maximum absolute atomic E-state index is 12.5. The molecule has 3 aromatic rings. The highest BCUT2D eigenvalue weighted by Gasteiger charge is 2.19. The van der Waals surface area contributed by atoms with Crippen LogP contribution in [0.1, 0.15) is 23.0 Å². The van der Waals surface area contributed by atoms with Gasteiger partial charge in [-0.25, -0.2) is 4.68 Å². The Bertz CT molecular complexity index is 1080. The number of nitrogens with zero attached hydrogens (tertiary/aromatic N) is 3. The zero-order valence-electron chi connectivity index (χ0n) is 17.5. The number of rotatable bonds is 8. The average Bonchev–Trinajstić information content (AvgIpc) is 3.14. The summed E-state index contributed by atoms with van der Waals surface area (Å²) in [6.45, 7) is 1.82. The molecule has 31 heavy (non-hydrogen) atoms. The highest BCUT2D eigenvalue weighted by atomic mass is 16.5. The number of carbonyl (C=O) groups excluding carboxylic acids is 2. The third-order valence-corrected chi connectivity index (χ3v) is 4.58. The number of aromatic nitrogens is 3. The molecule has 1 heterocycles. The van der Waals surface area contributed by atoms with Crippen molar-refractivity contribution in [3.8, 4) is 11.5 Å². The molecule has 2 amide bonds. The minimum absolute atomic E-state index is 0.0143. The predicted molar refractivity (Wildman–Crippen MR) is 116 cm³/mol. The van der Waals surface area contributed by atoms with Gasteiger partial charge < -0.3 is 25.8 Å². The Balaban J connectivity index is 1.66. The van der Waals surface area contributed by atoms with Crippen LogP contribution in [-0.2, 0) is 17.8 Å². The van der Waals surface area contributed by atoms with Crippen LogP contribution in [0.4, 0.5) is 17.2 Å². The number of hydrogen-bond donors (Lipinski definition) is 3. The van der Waals surface area contributed by atoms with Crippen LogP contribution in [0.2, 0.25) is 0 Å². The fourth-order valence-electron chi connectivity index (χ4n) is 2.84. The van der Waals surface area contributed by atoms with Gasteiger partial charge in [0.2, 0.25) is 5.91 Å². The van der Waals surface area contributed by atoms with Crippen molar-refractivity contribution in [2.45, 2.75) is 19.9 Å². The van der Waals surface area contributed by atoms with Crippen LogP contribution in [0.25, 0.3) is 0 Å². The molecule has 0 spiro atoms. The van der Waals surface area contributed by atoms with E-state index in [4.69, 9.17) is 15.2 Å². The second kappa shape index (κ2) is 9.61. The largest absolute Gasteiger partial charge is 0.497 e. The number of benzene rings is 2. The highest BCUT2D eigenvalue weighted by Crippen LogP contribution is 2.29. The van der Waals surface area contributed by atoms with Gasteiger partial charge in [0, 0.05) is 11.8 Å². The molecule has 0 bridgehead atoms. The number of hydrogen-bond acceptors (Lipinski definition) is 7. The molecule has 3 rings (SSSR count). The molecule has 0 saturated heterocycles. The van der Waals surface area contributed by atoms with E-state index in [1.54, 1.807) is 30.3 Å². The zero-order chi connectivity index (χ0) is 22.4. The van der Waals surface area contributed by atoms with Gasteiger partial charge in [-0.1, -0.05) is 24.3 Å². The van der Waals surface area contributed by atoms with Crippen molar-refractivity contribution >= 4 is 29.0 Å².